The summed E-state index contributed by atoms with van der Waals surface area (Å²) in [5.41, 5.74) is 4.36. The minimum Gasteiger partial charge on any atom is -0.369 e. The van der Waals surface area contributed by atoms with Gasteiger partial charge >= 0.3 is 6.18 Å². The van der Waals surface area contributed by atoms with Crippen LogP contribution >= 0.6 is 0 Å². The molecule has 0 spiro atoms. The smallest absolute Gasteiger partial charge is 0.369 e. The van der Waals surface area contributed by atoms with Crippen LogP contribution in [-0.4, -0.2) is 47.0 Å². The van der Waals surface area contributed by atoms with Gasteiger partial charge in [-0.2, -0.15) is 13.2 Å². The number of carbonyl (C=O) groups is 1. The third-order valence-corrected chi connectivity index (χ3v) is 3.79. The number of carbonyl (C=O) groups excluding carboxylic acids is 1. The zero-order valence-electron chi connectivity index (χ0n) is 12.6. The molecule has 1 amide bonds. The molecule has 128 valence electrons. The Morgan fingerprint density at radius 2 is 2.26 bits per heavy atom. The van der Waals surface area contributed by atoms with Gasteiger partial charge < -0.3 is 16.0 Å². The van der Waals surface area contributed by atoms with Crippen LogP contribution in [0.1, 0.15) is 25.0 Å². The first kappa shape index (κ1) is 17.5. The van der Waals surface area contributed by atoms with E-state index in [2.05, 4.69) is 20.2 Å². The number of anilines is 1. The molecule has 0 radical (unpaired) electrons. The van der Waals surface area contributed by atoms with E-state index in [1.807, 2.05) is 0 Å². The fourth-order valence-corrected chi connectivity index (χ4v) is 2.60. The van der Waals surface area contributed by atoms with Gasteiger partial charge in [0.25, 0.3) is 0 Å². The summed E-state index contributed by atoms with van der Waals surface area (Å²) in [4.78, 5) is 20.6. The van der Waals surface area contributed by atoms with Crippen LogP contribution < -0.4 is 11.1 Å². The third kappa shape index (κ3) is 5.34. The quantitative estimate of drug-likeness (QED) is 0.772. The number of hydrogen-bond donors (Lipinski definition) is 2. The lowest BCUT2D eigenvalue weighted by Crippen LogP contribution is -2.41. The molecule has 9 heteroatoms. The molecule has 6 nitrogen and oxygen atoms in total. The zero-order chi connectivity index (χ0) is 16.9. The van der Waals surface area contributed by atoms with E-state index < -0.39 is 11.9 Å². The Kier molecular flexibility index (Phi) is 5.75. The van der Waals surface area contributed by atoms with Gasteiger partial charge in [0.15, 0.2) is 0 Å². The van der Waals surface area contributed by atoms with Crippen molar-refractivity contribution in [3.63, 3.8) is 0 Å². The van der Waals surface area contributed by atoms with E-state index in [1.54, 1.807) is 0 Å². The third-order valence-electron chi connectivity index (χ3n) is 3.79. The van der Waals surface area contributed by atoms with Crippen LogP contribution in [0.15, 0.2) is 12.3 Å². The Morgan fingerprint density at radius 3 is 2.96 bits per heavy atom. The van der Waals surface area contributed by atoms with Crippen LogP contribution in [0.3, 0.4) is 0 Å². The summed E-state index contributed by atoms with van der Waals surface area (Å²) in [6.07, 6.45) is -0.928. The molecule has 0 bridgehead atoms. The number of alkyl halides is 3. The van der Waals surface area contributed by atoms with Gasteiger partial charge in [0, 0.05) is 19.3 Å². The molecule has 3 N–H and O–H groups in total. The maximum atomic E-state index is 12.5. The lowest BCUT2D eigenvalue weighted by atomic mass is 9.97. The summed E-state index contributed by atoms with van der Waals surface area (Å²) in [7, 11) is 0. The molecule has 0 aromatic carbocycles. The highest BCUT2D eigenvalue weighted by Gasteiger charge is 2.32. The van der Waals surface area contributed by atoms with Crippen molar-refractivity contribution < 1.29 is 18.0 Å². The maximum absolute atomic E-state index is 12.5. The minimum atomic E-state index is -4.48. The van der Waals surface area contributed by atoms with Gasteiger partial charge in [-0.05, 0) is 38.4 Å². The number of nitrogens with one attached hydrogen (secondary N) is 1. The molecule has 1 aliphatic heterocycles. The molecule has 1 aromatic heterocycles. The van der Waals surface area contributed by atoms with Crippen LogP contribution in [0.4, 0.5) is 19.1 Å². The van der Waals surface area contributed by atoms with Crippen LogP contribution in [0, 0.1) is 5.92 Å². The summed E-state index contributed by atoms with van der Waals surface area (Å²) in [6.45, 7) is 2.76. The van der Waals surface area contributed by atoms with Gasteiger partial charge in [-0.15, -0.1) is 0 Å². The number of nitrogens with two attached hydrogens (primary N) is 1. The van der Waals surface area contributed by atoms with Gasteiger partial charge in [-0.25, -0.2) is 9.97 Å². The fourth-order valence-electron chi connectivity index (χ4n) is 2.60. The number of likely N-dealkylation sites (tertiary alicyclic amines) is 1. The van der Waals surface area contributed by atoms with Gasteiger partial charge in [-0.3, -0.25) is 4.79 Å². The highest BCUT2D eigenvalue weighted by molar-refractivity contribution is 5.76. The van der Waals surface area contributed by atoms with E-state index in [-0.39, 0.29) is 17.8 Å². The Bertz CT molecular complexity index is 537. The Hall–Kier alpha value is -1.90. The number of nitrogens with zero attached hydrogens (tertiary/aromatic N) is 3. The lowest BCUT2D eigenvalue weighted by molar-refractivity contribution is -0.141. The zero-order valence-corrected chi connectivity index (χ0v) is 12.6. The van der Waals surface area contributed by atoms with Crippen molar-refractivity contribution in [2.24, 2.45) is 11.7 Å². The van der Waals surface area contributed by atoms with E-state index in [1.165, 1.54) is 0 Å². The Labute approximate surface area is 132 Å². The van der Waals surface area contributed by atoms with Gasteiger partial charge in [0.2, 0.25) is 11.9 Å². The molecule has 1 aromatic rings. The van der Waals surface area contributed by atoms with Crippen molar-refractivity contribution in [2.45, 2.75) is 25.4 Å². The molecule has 1 fully saturated rings. The number of hydrogen-bond acceptors (Lipinski definition) is 5. The average molecular weight is 331 g/mol. The monoisotopic (exact) mass is 331 g/mol. The van der Waals surface area contributed by atoms with Crippen LogP contribution in [-0.2, 0) is 11.0 Å². The Morgan fingerprint density at radius 1 is 1.48 bits per heavy atom. The van der Waals surface area contributed by atoms with E-state index in [9.17, 15) is 18.0 Å². The summed E-state index contributed by atoms with van der Waals surface area (Å²) >= 11 is 0. The normalized spacial score (nSPS) is 19.5. The lowest BCUT2D eigenvalue weighted by Gasteiger charge is -2.31. The molecule has 2 heterocycles. The number of primary amides is 1. The second-order valence-corrected chi connectivity index (χ2v) is 5.59. The molecule has 23 heavy (non-hydrogen) atoms. The first-order valence-corrected chi connectivity index (χ1v) is 7.52. The second-order valence-electron chi connectivity index (χ2n) is 5.59. The number of piperidine rings is 1. The van der Waals surface area contributed by atoms with Crippen LogP contribution in [0.5, 0.6) is 0 Å². The van der Waals surface area contributed by atoms with Gasteiger partial charge in [0.1, 0.15) is 5.69 Å². The van der Waals surface area contributed by atoms with Crippen molar-refractivity contribution in [1.29, 1.82) is 0 Å². The molecule has 1 aliphatic rings. The summed E-state index contributed by atoms with van der Waals surface area (Å²) in [5.74, 6) is -0.415. The van der Waals surface area contributed by atoms with E-state index in [0.29, 0.717) is 19.5 Å². The number of rotatable bonds is 6. The number of amides is 1. The molecular weight excluding hydrogens is 311 g/mol. The van der Waals surface area contributed by atoms with Crippen molar-refractivity contribution in [3.05, 3.63) is 18.0 Å². The minimum absolute atomic E-state index is 0.0338. The SMILES string of the molecule is NC(=O)C1CCCN(CCCNc2nccc(C(F)(F)F)n2)C1. The van der Waals surface area contributed by atoms with E-state index >= 15 is 0 Å². The predicted octanol–water partition coefficient (Wildman–Crippen LogP) is 1.49. The molecule has 2 rings (SSSR count). The molecule has 1 saturated heterocycles. The Balaban J connectivity index is 1.74. The number of aromatic nitrogens is 2. The first-order valence-electron chi connectivity index (χ1n) is 7.52. The van der Waals surface area contributed by atoms with Gasteiger partial charge in [-0.1, -0.05) is 0 Å². The van der Waals surface area contributed by atoms with Crippen LogP contribution in [0.25, 0.3) is 0 Å². The summed E-state index contributed by atoms with van der Waals surface area (Å²) in [5, 5.41) is 2.79. The highest BCUT2D eigenvalue weighted by atomic mass is 19.4. The largest absolute Gasteiger partial charge is 0.433 e. The summed E-state index contributed by atoms with van der Waals surface area (Å²) in [6, 6.07) is 0.836. The van der Waals surface area contributed by atoms with Gasteiger partial charge in [0.05, 0.1) is 5.92 Å². The molecular formula is C14H20F3N5O. The summed E-state index contributed by atoms with van der Waals surface area (Å²) < 4.78 is 37.6. The van der Waals surface area contributed by atoms with Crippen molar-refractivity contribution in [3.8, 4) is 0 Å². The highest BCUT2D eigenvalue weighted by Crippen LogP contribution is 2.27. The average Bonchev–Trinajstić information content (AvgIpc) is 2.51. The first-order chi connectivity index (χ1) is 10.9. The van der Waals surface area contributed by atoms with E-state index in [4.69, 9.17) is 5.73 Å². The van der Waals surface area contributed by atoms with E-state index in [0.717, 1.165) is 38.2 Å². The predicted molar refractivity (Wildman–Crippen MR) is 78.5 cm³/mol. The van der Waals surface area contributed by atoms with Crippen molar-refractivity contribution >= 4 is 11.9 Å². The molecule has 0 aliphatic carbocycles. The fraction of sp³-hybridized carbons (Fsp3) is 0.643. The standard InChI is InChI=1S/C14H20F3N5O/c15-14(16,17)11-4-6-20-13(21-11)19-5-2-8-22-7-1-3-10(9-22)12(18)23/h4,6,10H,1-3,5,7-9H2,(H2,18,23)(H,19,20,21). The van der Waals surface area contributed by atoms with Crippen LogP contribution in [0.2, 0.25) is 0 Å². The maximum Gasteiger partial charge on any atom is 0.433 e. The van der Waals surface area contributed by atoms with Crippen molar-refractivity contribution in [1.82, 2.24) is 14.9 Å². The molecule has 0 saturated carbocycles. The van der Waals surface area contributed by atoms with Crippen molar-refractivity contribution in [2.75, 3.05) is 31.5 Å². The molecule has 1 atom stereocenters. The second kappa shape index (κ2) is 7.58. The topological polar surface area (TPSA) is 84.1 Å². The number of halogens is 3. The molecule has 1 unspecified atom stereocenters.